The summed E-state index contributed by atoms with van der Waals surface area (Å²) in [4.78, 5) is 2.41. The van der Waals surface area contributed by atoms with Crippen LogP contribution in [0.3, 0.4) is 0 Å². The summed E-state index contributed by atoms with van der Waals surface area (Å²) >= 11 is 1.86. The van der Waals surface area contributed by atoms with Crippen molar-refractivity contribution in [3.8, 4) is 44.5 Å². The van der Waals surface area contributed by atoms with Gasteiger partial charge >= 0.3 is 0 Å². The number of rotatable bonds is 7. The molecule has 2 aromatic heterocycles. The summed E-state index contributed by atoms with van der Waals surface area (Å²) in [5.74, 6) is 0. The van der Waals surface area contributed by atoms with Crippen LogP contribution in [0, 0.1) is 0 Å². The van der Waals surface area contributed by atoms with Crippen LogP contribution in [-0.4, -0.2) is 0 Å². The smallest absolute Gasteiger partial charge is 0.136 e. The number of nitrogens with zero attached hydrogens (tertiary/aromatic N) is 1. The Morgan fingerprint density at radius 3 is 1.63 bits per heavy atom. The van der Waals surface area contributed by atoms with Crippen molar-refractivity contribution < 1.29 is 4.42 Å². The third-order valence-electron chi connectivity index (χ3n) is 11.1. The fourth-order valence-corrected chi connectivity index (χ4v) is 9.63. The lowest BCUT2D eigenvalue weighted by atomic mass is 9.90. The molecule has 0 saturated carbocycles. The predicted molar refractivity (Wildman–Crippen MR) is 243 cm³/mol. The zero-order valence-electron chi connectivity index (χ0n) is 31.0. The van der Waals surface area contributed by atoms with Crippen LogP contribution in [0.2, 0.25) is 0 Å². The van der Waals surface area contributed by atoms with E-state index in [0.29, 0.717) is 0 Å². The Morgan fingerprint density at radius 1 is 0.333 bits per heavy atom. The monoisotopic (exact) mass is 745 g/mol. The van der Waals surface area contributed by atoms with Gasteiger partial charge in [0.05, 0.1) is 5.69 Å². The summed E-state index contributed by atoms with van der Waals surface area (Å²) in [7, 11) is 0. The van der Waals surface area contributed by atoms with Gasteiger partial charge in [0.2, 0.25) is 0 Å². The molecule has 0 aliphatic rings. The average Bonchev–Trinajstić information content (AvgIpc) is 3.86. The van der Waals surface area contributed by atoms with Crippen LogP contribution in [0.1, 0.15) is 0 Å². The van der Waals surface area contributed by atoms with Gasteiger partial charge in [0.25, 0.3) is 0 Å². The molecule has 0 atom stereocenters. The summed E-state index contributed by atoms with van der Waals surface area (Å²) in [5.41, 5.74) is 14.4. The topological polar surface area (TPSA) is 16.4 Å². The van der Waals surface area contributed by atoms with Crippen LogP contribution in [0.4, 0.5) is 17.1 Å². The minimum absolute atomic E-state index is 0.864. The molecule has 2 nitrogen and oxygen atoms in total. The zero-order valence-corrected chi connectivity index (χ0v) is 31.8. The lowest BCUT2D eigenvalue weighted by molar-refractivity contribution is 0.669. The number of benzene rings is 9. The van der Waals surface area contributed by atoms with E-state index in [0.717, 1.165) is 50.1 Å². The molecule has 268 valence electrons. The third-order valence-corrected chi connectivity index (χ3v) is 12.3. The lowest BCUT2D eigenvalue weighted by Crippen LogP contribution is -2.11. The van der Waals surface area contributed by atoms with Gasteiger partial charge in [0.15, 0.2) is 0 Å². The van der Waals surface area contributed by atoms with E-state index in [1.807, 2.05) is 17.4 Å². The molecule has 9 aromatic carbocycles. The van der Waals surface area contributed by atoms with Crippen LogP contribution in [0.5, 0.6) is 0 Å². The Kier molecular flexibility index (Phi) is 8.04. The van der Waals surface area contributed by atoms with E-state index in [9.17, 15) is 0 Å². The summed E-state index contributed by atoms with van der Waals surface area (Å²) in [5, 5.41) is 4.82. The molecule has 0 aliphatic heterocycles. The van der Waals surface area contributed by atoms with Gasteiger partial charge in [0, 0.05) is 47.9 Å². The van der Waals surface area contributed by atoms with Gasteiger partial charge in [-0.15, -0.1) is 11.3 Å². The molecule has 0 unspecified atom stereocenters. The van der Waals surface area contributed by atoms with E-state index in [-0.39, 0.29) is 0 Å². The maximum Gasteiger partial charge on any atom is 0.136 e. The maximum absolute atomic E-state index is 6.58. The van der Waals surface area contributed by atoms with Gasteiger partial charge in [0.1, 0.15) is 11.2 Å². The summed E-state index contributed by atoms with van der Waals surface area (Å²) in [6, 6.07) is 76.3. The first-order valence-corrected chi connectivity index (χ1v) is 20.2. The predicted octanol–water partition coefficient (Wildman–Crippen LogP) is 16.1. The number of fused-ring (bicyclic) bond motifs is 6. The maximum atomic E-state index is 6.58. The molecule has 0 aliphatic carbocycles. The number of anilines is 3. The quantitative estimate of drug-likeness (QED) is 0.162. The van der Waals surface area contributed by atoms with Gasteiger partial charge < -0.3 is 9.32 Å². The highest BCUT2D eigenvalue weighted by Crippen LogP contribution is 2.50. The fraction of sp³-hybridized carbons (Fsp3) is 0. The number of hydrogen-bond donors (Lipinski definition) is 0. The molecule has 0 fully saturated rings. The van der Waals surface area contributed by atoms with Crippen molar-refractivity contribution in [3.63, 3.8) is 0 Å². The van der Waals surface area contributed by atoms with Gasteiger partial charge in [-0.2, -0.15) is 0 Å². The molecule has 2 heterocycles. The Morgan fingerprint density at radius 2 is 0.877 bits per heavy atom. The van der Waals surface area contributed by atoms with Crippen molar-refractivity contribution in [2.45, 2.75) is 0 Å². The highest BCUT2D eigenvalue weighted by Gasteiger charge is 2.24. The molecule has 0 saturated heterocycles. The molecule has 0 spiro atoms. The van der Waals surface area contributed by atoms with E-state index in [4.69, 9.17) is 4.42 Å². The van der Waals surface area contributed by atoms with E-state index in [2.05, 4.69) is 211 Å². The third kappa shape index (κ3) is 5.71. The van der Waals surface area contributed by atoms with E-state index < -0.39 is 0 Å². The largest absolute Gasteiger partial charge is 0.456 e. The molecule has 0 bridgehead atoms. The first-order valence-electron chi connectivity index (χ1n) is 19.3. The number of thiophene rings is 1. The fourth-order valence-electron chi connectivity index (χ4n) is 8.50. The molecule has 0 radical (unpaired) electrons. The van der Waals surface area contributed by atoms with Crippen LogP contribution in [0.25, 0.3) is 86.6 Å². The zero-order chi connectivity index (χ0) is 37.7. The highest BCUT2D eigenvalue weighted by atomic mass is 32.1. The second-order valence-electron chi connectivity index (χ2n) is 14.4. The lowest BCUT2D eigenvalue weighted by Gasteiger charge is -2.29. The van der Waals surface area contributed by atoms with E-state index >= 15 is 0 Å². The minimum atomic E-state index is 0.864. The summed E-state index contributed by atoms with van der Waals surface area (Å²) < 4.78 is 9.20. The molecular formula is C54H35NOS. The van der Waals surface area contributed by atoms with Crippen molar-refractivity contribution in [3.05, 3.63) is 212 Å². The Hall–Kier alpha value is -7.20. The second kappa shape index (κ2) is 13.8. The van der Waals surface area contributed by atoms with Crippen molar-refractivity contribution >= 4 is 70.5 Å². The Labute approximate surface area is 335 Å². The minimum Gasteiger partial charge on any atom is -0.456 e. The van der Waals surface area contributed by atoms with Crippen molar-refractivity contribution in [1.29, 1.82) is 0 Å². The second-order valence-corrected chi connectivity index (χ2v) is 15.5. The Balaban J connectivity index is 1.16. The first kappa shape index (κ1) is 33.2. The van der Waals surface area contributed by atoms with Crippen LogP contribution < -0.4 is 4.90 Å². The van der Waals surface area contributed by atoms with Crippen LogP contribution >= 0.6 is 11.3 Å². The molecular weight excluding hydrogens is 711 g/mol. The molecule has 0 amide bonds. The SMILES string of the molecule is c1ccc(-c2ccc(N(c3ccc(-c4cccc5sc6ccccc6c45)cc3)c3ccc4oc5ccccc5c4c3-c3ccccc3-c3ccccc3)cc2)cc1. The van der Waals surface area contributed by atoms with Crippen LogP contribution in [-0.2, 0) is 0 Å². The highest BCUT2D eigenvalue weighted by molar-refractivity contribution is 7.25. The number of para-hydroxylation sites is 1. The molecule has 0 N–H and O–H groups in total. The van der Waals surface area contributed by atoms with Gasteiger partial charge in [-0.1, -0.05) is 158 Å². The molecule has 57 heavy (non-hydrogen) atoms. The molecule has 3 heteroatoms. The molecule has 11 aromatic rings. The standard InChI is InChI=1S/C54H35NOS/c1-3-14-36(15-4-1)37-26-30-40(31-27-37)55(41-32-28-39(29-33-41)43-22-13-25-51-52(43)46-21-10-12-24-50(46)57-51)47-34-35-49-54(45-20-9-11-23-48(45)56-49)53(47)44-19-8-7-18-42(44)38-16-5-2-6-17-38/h1-35H. The van der Waals surface area contributed by atoms with Crippen molar-refractivity contribution in [1.82, 2.24) is 0 Å². The number of hydrogen-bond acceptors (Lipinski definition) is 3. The normalized spacial score (nSPS) is 11.5. The number of furan rings is 1. The van der Waals surface area contributed by atoms with E-state index in [1.54, 1.807) is 0 Å². The van der Waals surface area contributed by atoms with Gasteiger partial charge in [-0.25, -0.2) is 0 Å². The van der Waals surface area contributed by atoms with Gasteiger partial charge in [-0.05, 0) is 93.5 Å². The van der Waals surface area contributed by atoms with Gasteiger partial charge in [-0.3, -0.25) is 0 Å². The summed E-state index contributed by atoms with van der Waals surface area (Å²) in [6.45, 7) is 0. The first-order chi connectivity index (χ1) is 28.3. The molecule has 11 rings (SSSR count). The van der Waals surface area contributed by atoms with E-state index in [1.165, 1.54) is 53.6 Å². The van der Waals surface area contributed by atoms with Crippen LogP contribution in [0.15, 0.2) is 217 Å². The average molecular weight is 746 g/mol. The van der Waals surface area contributed by atoms with Crippen molar-refractivity contribution in [2.75, 3.05) is 4.90 Å². The Bertz CT molecular complexity index is 3210. The summed E-state index contributed by atoms with van der Waals surface area (Å²) in [6.07, 6.45) is 0. The van der Waals surface area contributed by atoms with Crippen molar-refractivity contribution in [2.24, 2.45) is 0 Å².